The molecule has 23 heavy (non-hydrogen) atoms. The molecule has 0 radical (unpaired) electrons. The predicted molar refractivity (Wildman–Crippen MR) is 91.9 cm³/mol. The number of para-hydroxylation sites is 1. The summed E-state index contributed by atoms with van der Waals surface area (Å²) >= 11 is 1.32. The zero-order valence-corrected chi connectivity index (χ0v) is 13.5. The molecule has 0 saturated carbocycles. The topological polar surface area (TPSA) is 78.6 Å². The second-order valence-corrected chi connectivity index (χ2v) is 6.39. The number of phenolic OH excluding ortho intramolecular Hbond substituents is 1. The molecule has 1 amide bonds. The summed E-state index contributed by atoms with van der Waals surface area (Å²) < 4.78 is 0. The van der Waals surface area contributed by atoms with E-state index in [1.807, 2.05) is 23.1 Å². The molecule has 0 bridgehead atoms. The van der Waals surface area contributed by atoms with Crippen molar-refractivity contribution < 1.29 is 9.90 Å². The number of nitrogens with one attached hydrogen (secondary N) is 1. The highest BCUT2D eigenvalue weighted by Crippen LogP contribution is 2.39. The van der Waals surface area contributed by atoms with E-state index in [-0.39, 0.29) is 11.7 Å². The van der Waals surface area contributed by atoms with Gasteiger partial charge in [0.2, 0.25) is 0 Å². The first kappa shape index (κ1) is 15.7. The number of carbonyl (C=O) groups excluding carboxylic acids is 1. The summed E-state index contributed by atoms with van der Waals surface area (Å²) in [6.07, 6.45) is 0. The summed E-state index contributed by atoms with van der Waals surface area (Å²) in [4.78, 5) is 16.0. The van der Waals surface area contributed by atoms with Gasteiger partial charge in [0.1, 0.15) is 5.75 Å². The second kappa shape index (κ2) is 6.93. The Labute approximate surface area is 139 Å². The molecule has 5 nitrogen and oxygen atoms in total. The van der Waals surface area contributed by atoms with Crippen molar-refractivity contribution in [3.8, 4) is 5.75 Å². The van der Waals surface area contributed by atoms with Crippen LogP contribution in [0, 0.1) is 0 Å². The summed E-state index contributed by atoms with van der Waals surface area (Å²) in [6, 6.07) is 12.5. The molecule has 2 aromatic rings. The van der Waals surface area contributed by atoms with Gasteiger partial charge in [0.05, 0.1) is 10.5 Å². The molecule has 1 aliphatic rings. The second-order valence-electron chi connectivity index (χ2n) is 5.34. The number of nitrogen functional groups attached to an aromatic ring is 1. The first-order chi connectivity index (χ1) is 11.2. The highest BCUT2D eigenvalue weighted by Gasteiger charge is 2.23. The Bertz CT molecular complexity index is 715. The number of carbonyl (C=O) groups is 1. The van der Waals surface area contributed by atoms with Gasteiger partial charge in [0.15, 0.2) is 0 Å². The summed E-state index contributed by atoms with van der Waals surface area (Å²) in [5.41, 5.74) is 7.12. The first-order valence-electron chi connectivity index (χ1n) is 7.51. The van der Waals surface area contributed by atoms with Crippen LogP contribution in [0.2, 0.25) is 0 Å². The van der Waals surface area contributed by atoms with Crippen molar-refractivity contribution in [1.82, 2.24) is 10.2 Å². The standard InChI is InChI=1S/C17H19N3O2S/c18-13-5-1-2-7-15(13)23-16-12(4-3-6-14(16)21)17(22)20-10-8-19-9-11-20/h1-7,19,21H,8-11,18H2. The van der Waals surface area contributed by atoms with Crippen LogP contribution < -0.4 is 11.1 Å². The molecule has 1 fully saturated rings. The van der Waals surface area contributed by atoms with E-state index >= 15 is 0 Å². The number of hydrogen-bond donors (Lipinski definition) is 3. The number of nitrogens with two attached hydrogens (primary N) is 1. The number of rotatable bonds is 3. The molecule has 4 N–H and O–H groups in total. The normalized spacial score (nSPS) is 14.7. The minimum atomic E-state index is -0.0561. The van der Waals surface area contributed by atoms with Crippen molar-refractivity contribution in [2.75, 3.05) is 31.9 Å². The summed E-state index contributed by atoms with van der Waals surface area (Å²) in [7, 11) is 0. The Morgan fingerprint density at radius 1 is 1.13 bits per heavy atom. The van der Waals surface area contributed by atoms with Gasteiger partial charge in [-0.15, -0.1) is 0 Å². The average Bonchev–Trinajstić information content (AvgIpc) is 2.58. The monoisotopic (exact) mass is 329 g/mol. The maximum atomic E-state index is 12.8. The Balaban J connectivity index is 1.93. The fraction of sp³-hybridized carbons (Fsp3) is 0.235. The number of hydrogen-bond acceptors (Lipinski definition) is 5. The van der Waals surface area contributed by atoms with E-state index in [0.29, 0.717) is 29.2 Å². The van der Waals surface area contributed by atoms with Crippen LogP contribution in [0.15, 0.2) is 52.3 Å². The van der Waals surface area contributed by atoms with Gasteiger partial charge >= 0.3 is 0 Å². The molecule has 1 saturated heterocycles. The Kier molecular flexibility index (Phi) is 4.73. The molecule has 0 aromatic heterocycles. The number of aromatic hydroxyl groups is 1. The van der Waals surface area contributed by atoms with Gasteiger partial charge in [-0.2, -0.15) is 0 Å². The van der Waals surface area contributed by atoms with E-state index in [1.54, 1.807) is 24.3 Å². The van der Waals surface area contributed by atoms with Crippen molar-refractivity contribution in [2.24, 2.45) is 0 Å². The number of anilines is 1. The van der Waals surface area contributed by atoms with Crippen LogP contribution in [0.1, 0.15) is 10.4 Å². The van der Waals surface area contributed by atoms with Gasteiger partial charge in [-0.3, -0.25) is 4.79 Å². The van der Waals surface area contributed by atoms with E-state index in [0.717, 1.165) is 18.0 Å². The van der Waals surface area contributed by atoms with Crippen LogP contribution in [0.3, 0.4) is 0 Å². The lowest BCUT2D eigenvalue weighted by atomic mass is 10.1. The molecule has 3 rings (SSSR count). The predicted octanol–water partition coefficient (Wildman–Crippen LogP) is 2.17. The number of benzene rings is 2. The average molecular weight is 329 g/mol. The van der Waals surface area contributed by atoms with Crippen LogP contribution in [0.5, 0.6) is 5.75 Å². The highest BCUT2D eigenvalue weighted by molar-refractivity contribution is 7.99. The van der Waals surface area contributed by atoms with Gasteiger partial charge < -0.3 is 21.1 Å². The summed E-state index contributed by atoms with van der Waals surface area (Å²) in [5.74, 6) is 0.0404. The quantitative estimate of drug-likeness (QED) is 0.752. The summed E-state index contributed by atoms with van der Waals surface area (Å²) in [6.45, 7) is 2.93. The minimum absolute atomic E-state index is 0.0561. The zero-order chi connectivity index (χ0) is 16.2. The maximum absolute atomic E-state index is 12.8. The van der Waals surface area contributed by atoms with Crippen LogP contribution >= 0.6 is 11.8 Å². The Morgan fingerprint density at radius 2 is 1.87 bits per heavy atom. The smallest absolute Gasteiger partial charge is 0.255 e. The molecular weight excluding hydrogens is 310 g/mol. The molecule has 0 aliphatic carbocycles. The zero-order valence-electron chi connectivity index (χ0n) is 12.7. The molecule has 0 spiro atoms. The van der Waals surface area contributed by atoms with Gasteiger partial charge in [0, 0.05) is 36.8 Å². The number of nitrogens with zero attached hydrogens (tertiary/aromatic N) is 1. The van der Waals surface area contributed by atoms with E-state index in [4.69, 9.17) is 5.73 Å². The van der Waals surface area contributed by atoms with Crippen molar-refractivity contribution in [3.63, 3.8) is 0 Å². The van der Waals surface area contributed by atoms with E-state index < -0.39 is 0 Å². The first-order valence-corrected chi connectivity index (χ1v) is 8.33. The third-order valence-electron chi connectivity index (χ3n) is 3.76. The lowest BCUT2D eigenvalue weighted by molar-refractivity contribution is 0.0731. The van der Waals surface area contributed by atoms with Gasteiger partial charge in [-0.1, -0.05) is 30.0 Å². The molecular formula is C17H19N3O2S. The van der Waals surface area contributed by atoms with Crippen molar-refractivity contribution in [1.29, 1.82) is 0 Å². The van der Waals surface area contributed by atoms with Crippen LogP contribution in [0.25, 0.3) is 0 Å². The fourth-order valence-electron chi connectivity index (χ4n) is 2.52. The number of piperazine rings is 1. The molecule has 0 unspecified atom stereocenters. The van der Waals surface area contributed by atoms with Gasteiger partial charge in [-0.25, -0.2) is 0 Å². The van der Waals surface area contributed by atoms with E-state index in [9.17, 15) is 9.90 Å². The third kappa shape index (κ3) is 3.43. The summed E-state index contributed by atoms with van der Waals surface area (Å²) in [5, 5.41) is 13.5. The highest BCUT2D eigenvalue weighted by atomic mass is 32.2. The molecule has 6 heteroatoms. The molecule has 2 aromatic carbocycles. The van der Waals surface area contributed by atoms with E-state index in [1.165, 1.54) is 11.8 Å². The maximum Gasteiger partial charge on any atom is 0.255 e. The van der Waals surface area contributed by atoms with Crippen molar-refractivity contribution in [2.45, 2.75) is 9.79 Å². The Hall–Kier alpha value is -2.18. The Morgan fingerprint density at radius 3 is 2.61 bits per heavy atom. The minimum Gasteiger partial charge on any atom is -0.507 e. The lowest BCUT2D eigenvalue weighted by Gasteiger charge is -2.28. The van der Waals surface area contributed by atoms with Gasteiger partial charge in [0.25, 0.3) is 5.91 Å². The molecule has 1 aliphatic heterocycles. The van der Waals surface area contributed by atoms with Crippen LogP contribution in [-0.4, -0.2) is 42.1 Å². The third-order valence-corrected chi connectivity index (χ3v) is 4.98. The van der Waals surface area contributed by atoms with Crippen molar-refractivity contribution >= 4 is 23.4 Å². The lowest BCUT2D eigenvalue weighted by Crippen LogP contribution is -2.46. The SMILES string of the molecule is Nc1ccccc1Sc1c(O)cccc1C(=O)N1CCNCC1. The number of amides is 1. The molecule has 1 heterocycles. The van der Waals surface area contributed by atoms with Crippen molar-refractivity contribution in [3.05, 3.63) is 48.0 Å². The van der Waals surface area contributed by atoms with Crippen LogP contribution in [-0.2, 0) is 0 Å². The largest absolute Gasteiger partial charge is 0.507 e. The molecule has 120 valence electrons. The molecule has 0 atom stereocenters. The van der Waals surface area contributed by atoms with E-state index in [2.05, 4.69) is 5.32 Å². The number of phenols is 1. The van der Waals surface area contributed by atoms with Crippen LogP contribution in [0.4, 0.5) is 5.69 Å². The fourth-order valence-corrected chi connectivity index (χ4v) is 3.51. The van der Waals surface area contributed by atoms with Gasteiger partial charge in [-0.05, 0) is 24.3 Å².